The van der Waals surface area contributed by atoms with E-state index < -0.39 is 24.5 Å². The van der Waals surface area contributed by atoms with Gasteiger partial charge in [-0.3, -0.25) is 19.6 Å². The molecule has 0 aromatic carbocycles. The lowest BCUT2D eigenvalue weighted by molar-refractivity contribution is -0.149. The number of esters is 1. The van der Waals surface area contributed by atoms with E-state index in [4.69, 9.17) is 4.74 Å². The Morgan fingerprint density at radius 2 is 2.07 bits per heavy atom. The summed E-state index contributed by atoms with van der Waals surface area (Å²) in [6, 6.07) is 1.34. The number of carbonyl (C=O) groups excluding carboxylic acids is 3. The molecular weight excluding hydrogens is 348 g/mol. The molecule has 148 valence electrons. The number of ether oxygens (including phenoxy) is 1. The molecule has 0 unspecified atom stereocenters. The molecule has 8 heteroatoms. The van der Waals surface area contributed by atoms with Crippen molar-refractivity contribution in [1.29, 1.82) is 0 Å². The van der Waals surface area contributed by atoms with E-state index in [1.165, 1.54) is 23.9 Å². The normalized spacial score (nSPS) is 24.5. The van der Waals surface area contributed by atoms with Crippen molar-refractivity contribution in [3.8, 4) is 0 Å². The molecule has 2 N–H and O–H groups in total. The third-order valence-electron chi connectivity index (χ3n) is 5.79. The third kappa shape index (κ3) is 4.87. The Morgan fingerprint density at radius 3 is 2.67 bits per heavy atom. The standard InChI is InChI=1S/C19H28N4O4/c1-11-6-12(2)23(22-11)9-18(25)27-10-17(24)21-19(26)20-13(3)16-8-14-4-5-15(16)7-14/h6,13-16H,4-5,7-10H2,1-3H3,(H2,20,21,24,26)/t13-,14+,15+,16+/m1/s1. The summed E-state index contributed by atoms with van der Waals surface area (Å²) in [5.41, 5.74) is 1.64. The highest BCUT2D eigenvalue weighted by Crippen LogP contribution is 2.49. The van der Waals surface area contributed by atoms with Crippen LogP contribution in [-0.4, -0.2) is 40.3 Å². The first kappa shape index (κ1) is 19.4. The van der Waals surface area contributed by atoms with Gasteiger partial charge in [-0.15, -0.1) is 0 Å². The number of fused-ring (bicyclic) bond motifs is 2. The van der Waals surface area contributed by atoms with Crippen LogP contribution in [0, 0.1) is 31.6 Å². The van der Waals surface area contributed by atoms with E-state index in [0.29, 0.717) is 11.8 Å². The highest BCUT2D eigenvalue weighted by atomic mass is 16.5. The van der Waals surface area contributed by atoms with Crippen molar-refractivity contribution in [3.63, 3.8) is 0 Å². The maximum Gasteiger partial charge on any atom is 0.328 e. The van der Waals surface area contributed by atoms with Gasteiger partial charge in [0.15, 0.2) is 6.61 Å². The minimum Gasteiger partial charge on any atom is -0.454 e. The van der Waals surface area contributed by atoms with E-state index in [-0.39, 0.29) is 12.6 Å². The summed E-state index contributed by atoms with van der Waals surface area (Å²) in [6.07, 6.45) is 4.97. The Kier molecular flexibility index (Phi) is 5.82. The third-order valence-corrected chi connectivity index (χ3v) is 5.79. The summed E-state index contributed by atoms with van der Waals surface area (Å²) in [4.78, 5) is 35.7. The van der Waals surface area contributed by atoms with Gasteiger partial charge >= 0.3 is 12.0 Å². The molecule has 0 spiro atoms. The first-order chi connectivity index (χ1) is 12.8. The molecule has 1 heterocycles. The summed E-state index contributed by atoms with van der Waals surface area (Å²) in [5, 5.41) is 9.24. The molecule has 1 aromatic rings. The lowest BCUT2D eigenvalue weighted by Crippen LogP contribution is -2.48. The van der Waals surface area contributed by atoms with E-state index in [9.17, 15) is 14.4 Å². The highest BCUT2D eigenvalue weighted by molar-refractivity contribution is 5.95. The smallest absolute Gasteiger partial charge is 0.328 e. The van der Waals surface area contributed by atoms with Crippen LogP contribution >= 0.6 is 0 Å². The van der Waals surface area contributed by atoms with Crippen LogP contribution in [0.4, 0.5) is 4.79 Å². The number of nitrogens with zero attached hydrogens (tertiary/aromatic N) is 2. The molecule has 2 aliphatic rings. The Balaban J connectivity index is 1.36. The van der Waals surface area contributed by atoms with E-state index in [0.717, 1.165) is 23.7 Å². The summed E-state index contributed by atoms with van der Waals surface area (Å²) in [5.74, 6) is 0.761. The fourth-order valence-electron chi connectivity index (χ4n) is 4.57. The number of carbonyl (C=O) groups is 3. The summed E-state index contributed by atoms with van der Waals surface area (Å²) in [6.45, 7) is 5.10. The molecular formula is C19H28N4O4. The molecule has 3 rings (SSSR count). The SMILES string of the molecule is Cc1cc(C)n(CC(=O)OCC(=O)NC(=O)N[C@H](C)[C@@H]2C[C@H]3CC[C@H]2C3)n1. The summed E-state index contributed by atoms with van der Waals surface area (Å²) in [7, 11) is 0. The molecule has 4 atom stereocenters. The van der Waals surface area contributed by atoms with Gasteiger partial charge in [-0.05, 0) is 63.9 Å². The second-order valence-corrected chi connectivity index (χ2v) is 7.89. The maximum absolute atomic E-state index is 12.0. The van der Waals surface area contributed by atoms with E-state index >= 15 is 0 Å². The predicted molar refractivity (Wildman–Crippen MR) is 97.7 cm³/mol. The topological polar surface area (TPSA) is 102 Å². The van der Waals surface area contributed by atoms with Gasteiger partial charge in [0.05, 0.1) is 5.69 Å². The number of amides is 3. The molecule has 2 fully saturated rings. The number of nitrogens with one attached hydrogen (secondary N) is 2. The highest BCUT2D eigenvalue weighted by Gasteiger charge is 2.42. The fourth-order valence-corrected chi connectivity index (χ4v) is 4.57. The summed E-state index contributed by atoms with van der Waals surface area (Å²) >= 11 is 0. The number of hydrogen-bond acceptors (Lipinski definition) is 5. The van der Waals surface area contributed by atoms with Gasteiger partial charge in [0.2, 0.25) is 0 Å². The zero-order valence-corrected chi connectivity index (χ0v) is 16.2. The van der Waals surface area contributed by atoms with Crippen molar-refractivity contribution in [1.82, 2.24) is 20.4 Å². The van der Waals surface area contributed by atoms with Crippen LogP contribution in [0.5, 0.6) is 0 Å². The largest absolute Gasteiger partial charge is 0.454 e. The second-order valence-electron chi connectivity index (χ2n) is 7.89. The minimum atomic E-state index is -0.644. The van der Waals surface area contributed by atoms with Crippen molar-refractivity contribution in [2.45, 2.75) is 59.0 Å². The average Bonchev–Trinajstić information content (AvgIpc) is 3.29. The predicted octanol–water partition coefficient (Wildman–Crippen LogP) is 1.69. The molecule has 0 radical (unpaired) electrons. The molecule has 0 saturated heterocycles. The van der Waals surface area contributed by atoms with Crippen molar-refractivity contribution < 1.29 is 19.1 Å². The first-order valence-corrected chi connectivity index (χ1v) is 9.59. The van der Waals surface area contributed by atoms with Gasteiger partial charge in [-0.25, -0.2) is 4.79 Å². The van der Waals surface area contributed by atoms with Crippen molar-refractivity contribution in [2.75, 3.05) is 6.61 Å². The molecule has 1 aromatic heterocycles. The van der Waals surface area contributed by atoms with Gasteiger partial charge < -0.3 is 10.1 Å². The Hall–Kier alpha value is -2.38. The zero-order valence-electron chi connectivity index (χ0n) is 16.2. The van der Waals surface area contributed by atoms with Gasteiger partial charge in [-0.2, -0.15) is 5.10 Å². The molecule has 2 aliphatic carbocycles. The quantitative estimate of drug-likeness (QED) is 0.736. The number of aromatic nitrogens is 2. The van der Waals surface area contributed by atoms with Gasteiger partial charge in [0, 0.05) is 11.7 Å². The molecule has 2 saturated carbocycles. The van der Waals surface area contributed by atoms with Crippen LogP contribution in [0.15, 0.2) is 6.07 Å². The Bertz CT molecular complexity index is 729. The lowest BCUT2D eigenvalue weighted by Gasteiger charge is -2.28. The number of aryl methyl sites for hydroxylation is 2. The Labute approximate surface area is 159 Å². The van der Waals surface area contributed by atoms with Crippen molar-refractivity contribution >= 4 is 17.9 Å². The number of rotatable bonds is 6. The monoisotopic (exact) mass is 376 g/mol. The van der Waals surface area contributed by atoms with Gasteiger partial charge in [-0.1, -0.05) is 6.42 Å². The Morgan fingerprint density at radius 1 is 1.30 bits per heavy atom. The van der Waals surface area contributed by atoms with Crippen LogP contribution in [-0.2, 0) is 20.9 Å². The molecule has 8 nitrogen and oxygen atoms in total. The van der Waals surface area contributed by atoms with Crippen LogP contribution in [0.2, 0.25) is 0 Å². The first-order valence-electron chi connectivity index (χ1n) is 9.59. The average molecular weight is 376 g/mol. The van der Waals surface area contributed by atoms with Gasteiger partial charge in [0.1, 0.15) is 6.54 Å². The maximum atomic E-state index is 12.0. The van der Waals surface area contributed by atoms with Gasteiger partial charge in [0.25, 0.3) is 5.91 Å². The fraction of sp³-hybridized carbons (Fsp3) is 0.684. The molecule has 2 bridgehead atoms. The second kappa shape index (κ2) is 8.10. The molecule has 0 aliphatic heterocycles. The van der Waals surface area contributed by atoms with E-state index in [2.05, 4.69) is 15.7 Å². The molecule has 3 amide bonds. The number of imide groups is 1. The van der Waals surface area contributed by atoms with Crippen LogP contribution in [0.1, 0.15) is 44.0 Å². The van der Waals surface area contributed by atoms with Crippen LogP contribution in [0.25, 0.3) is 0 Å². The van der Waals surface area contributed by atoms with Crippen LogP contribution < -0.4 is 10.6 Å². The number of hydrogen-bond donors (Lipinski definition) is 2. The van der Waals surface area contributed by atoms with E-state index in [1.54, 1.807) is 0 Å². The molecule has 27 heavy (non-hydrogen) atoms. The van der Waals surface area contributed by atoms with Crippen molar-refractivity contribution in [2.24, 2.45) is 17.8 Å². The lowest BCUT2D eigenvalue weighted by atomic mass is 9.84. The minimum absolute atomic E-state index is 0.0293. The number of urea groups is 1. The van der Waals surface area contributed by atoms with Crippen LogP contribution in [0.3, 0.4) is 0 Å². The zero-order chi connectivity index (χ0) is 19.6. The van der Waals surface area contributed by atoms with E-state index in [1.807, 2.05) is 26.8 Å². The summed E-state index contributed by atoms with van der Waals surface area (Å²) < 4.78 is 6.44. The van der Waals surface area contributed by atoms with Crippen molar-refractivity contribution in [3.05, 3.63) is 17.5 Å².